The molecule has 0 bridgehead atoms. The van der Waals surface area contributed by atoms with Crippen LogP contribution < -0.4 is 10.6 Å². The lowest BCUT2D eigenvalue weighted by Gasteiger charge is -2.09. The number of aryl methyl sites for hydroxylation is 1. The monoisotopic (exact) mass is 307 g/mol. The Hall–Kier alpha value is -2.22. The molecule has 21 heavy (non-hydrogen) atoms. The van der Waals surface area contributed by atoms with Gasteiger partial charge in [0.2, 0.25) is 5.82 Å². The van der Waals surface area contributed by atoms with E-state index in [1.54, 1.807) is 11.6 Å². The highest BCUT2D eigenvalue weighted by Gasteiger charge is 2.16. The van der Waals surface area contributed by atoms with Crippen molar-refractivity contribution in [3.05, 3.63) is 38.3 Å². The molecule has 0 aromatic carbocycles. The van der Waals surface area contributed by atoms with Crippen LogP contribution in [0.1, 0.15) is 23.9 Å². The maximum Gasteiger partial charge on any atom is 0.311 e. The third-order valence-corrected chi connectivity index (χ3v) is 3.82. The maximum atomic E-state index is 11.1. The van der Waals surface area contributed by atoms with E-state index < -0.39 is 4.92 Å². The lowest BCUT2D eigenvalue weighted by atomic mass is 10.3. The fraction of sp³-hybridized carbons (Fsp3) is 0.385. The first kappa shape index (κ1) is 15.2. The summed E-state index contributed by atoms with van der Waals surface area (Å²) in [5.74, 6) is 0.903. The molecule has 0 saturated carbocycles. The summed E-state index contributed by atoms with van der Waals surface area (Å²) in [4.78, 5) is 20.1. The fourth-order valence-electron chi connectivity index (χ4n) is 1.74. The van der Waals surface area contributed by atoms with Crippen LogP contribution in [-0.2, 0) is 6.54 Å². The molecular weight excluding hydrogens is 290 g/mol. The first-order valence-electron chi connectivity index (χ1n) is 6.64. The van der Waals surface area contributed by atoms with Gasteiger partial charge in [-0.1, -0.05) is 6.92 Å². The third-order valence-electron chi connectivity index (χ3n) is 2.89. The van der Waals surface area contributed by atoms with E-state index in [9.17, 15) is 10.1 Å². The van der Waals surface area contributed by atoms with Gasteiger partial charge >= 0.3 is 5.69 Å². The van der Waals surface area contributed by atoms with Crippen molar-refractivity contribution in [1.29, 1.82) is 0 Å². The summed E-state index contributed by atoms with van der Waals surface area (Å²) in [7, 11) is 0. The number of nitro groups is 1. The van der Waals surface area contributed by atoms with Crippen molar-refractivity contribution in [1.82, 2.24) is 9.97 Å². The molecule has 0 aliphatic rings. The number of rotatable bonds is 7. The van der Waals surface area contributed by atoms with Crippen LogP contribution >= 0.6 is 11.3 Å². The molecule has 2 N–H and O–H groups in total. The molecule has 0 radical (unpaired) electrons. The summed E-state index contributed by atoms with van der Waals surface area (Å²) < 4.78 is 0. The molecular formula is C13H17N5O2S. The molecule has 0 aliphatic carbocycles. The Balaban J connectivity index is 2.17. The van der Waals surface area contributed by atoms with Crippen molar-refractivity contribution in [3.8, 4) is 0 Å². The number of hydrogen-bond acceptors (Lipinski definition) is 7. The Morgan fingerprint density at radius 1 is 1.38 bits per heavy atom. The molecule has 0 fully saturated rings. The van der Waals surface area contributed by atoms with E-state index >= 15 is 0 Å². The minimum absolute atomic E-state index is 0.0285. The number of anilines is 2. The van der Waals surface area contributed by atoms with Gasteiger partial charge in [-0.05, 0) is 19.4 Å². The van der Waals surface area contributed by atoms with Crippen molar-refractivity contribution in [2.24, 2.45) is 0 Å². The highest BCUT2D eigenvalue weighted by atomic mass is 32.1. The fourth-order valence-corrected chi connectivity index (χ4v) is 2.46. The predicted octanol–water partition coefficient (Wildman–Crippen LogP) is 3.19. The number of hydrogen-bond donors (Lipinski definition) is 2. The summed E-state index contributed by atoms with van der Waals surface area (Å²) in [6, 6.07) is 3.09. The summed E-state index contributed by atoms with van der Waals surface area (Å²) in [6.07, 6.45) is 0.960. The standard InChI is InChI=1S/C13H17N5O2S/c1-3-6-14-12-5-4-10(18(19)20)13(17-12)15-7-11-9(2)16-8-21-11/h4-5,8H,3,6-7H2,1-2H3,(H2,14,15,17). The van der Waals surface area contributed by atoms with Gasteiger partial charge in [0, 0.05) is 17.5 Å². The van der Waals surface area contributed by atoms with Crippen molar-refractivity contribution < 1.29 is 4.92 Å². The van der Waals surface area contributed by atoms with Crippen LogP contribution in [0.2, 0.25) is 0 Å². The highest BCUT2D eigenvalue weighted by Crippen LogP contribution is 2.25. The first-order valence-corrected chi connectivity index (χ1v) is 7.52. The molecule has 2 aromatic rings. The molecule has 0 unspecified atom stereocenters. The Bertz CT molecular complexity index is 629. The molecule has 7 nitrogen and oxygen atoms in total. The number of aromatic nitrogens is 2. The van der Waals surface area contributed by atoms with Crippen LogP contribution in [-0.4, -0.2) is 21.4 Å². The zero-order valence-electron chi connectivity index (χ0n) is 11.9. The van der Waals surface area contributed by atoms with Gasteiger partial charge in [-0.15, -0.1) is 11.3 Å². The van der Waals surface area contributed by atoms with E-state index in [-0.39, 0.29) is 11.5 Å². The minimum Gasteiger partial charge on any atom is -0.370 e. The van der Waals surface area contributed by atoms with E-state index in [0.717, 1.165) is 23.5 Å². The van der Waals surface area contributed by atoms with Gasteiger partial charge in [-0.2, -0.15) is 0 Å². The molecule has 112 valence electrons. The van der Waals surface area contributed by atoms with E-state index in [2.05, 4.69) is 20.6 Å². The zero-order valence-corrected chi connectivity index (χ0v) is 12.7. The van der Waals surface area contributed by atoms with Crippen LogP contribution in [0.5, 0.6) is 0 Å². The highest BCUT2D eigenvalue weighted by molar-refractivity contribution is 7.09. The van der Waals surface area contributed by atoms with Gasteiger partial charge in [-0.25, -0.2) is 9.97 Å². The van der Waals surface area contributed by atoms with Gasteiger partial charge in [0.05, 0.1) is 22.7 Å². The number of thiazole rings is 1. The van der Waals surface area contributed by atoms with Crippen LogP contribution in [0.4, 0.5) is 17.3 Å². The van der Waals surface area contributed by atoms with Crippen LogP contribution in [0.25, 0.3) is 0 Å². The number of pyridine rings is 1. The Morgan fingerprint density at radius 3 is 2.81 bits per heavy atom. The van der Waals surface area contributed by atoms with Crippen LogP contribution in [0.15, 0.2) is 17.6 Å². The molecule has 0 spiro atoms. The first-order chi connectivity index (χ1) is 10.1. The van der Waals surface area contributed by atoms with E-state index in [1.807, 2.05) is 13.8 Å². The summed E-state index contributed by atoms with van der Waals surface area (Å²) >= 11 is 1.51. The second kappa shape index (κ2) is 6.98. The Labute approximate surface area is 126 Å². The molecule has 0 amide bonds. The molecule has 0 aliphatic heterocycles. The van der Waals surface area contributed by atoms with Gasteiger partial charge in [0.25, 0.3) is 0 Å². The summed E-state index contributed by atoms with van der Waals surface area (Å²) in [5, 5.41) is 17.2. The van der Waals surface area contributed by atoms with E-state index in [1.165, 1.54) is 17.4 Å². The Morgan fingerprint density at radius 2 is 2.19 bits per heavy atom. The largest absolute Gasteiger partial charge is 0.370 e. The normalized spacial score (nSPS) is 10.4. The van der Waals surface area contributed by atoms with Gasteiger partial charge in [-0.3, -0.25) is 10.1 Å². The second-order valence-corrected chi connectivity index (χ2v) is 5.40. The van der Waals surface area contributed by atoms with E-state index in [0.29, 0.717) is 12.4 Å². The molecule has 0 saturated heterocycles. The van der Waals surface area contributed by atoms with Crippen molar-refractivity contribution in [3.63, 3.8) is 0 Å². The number of nitrogens with one attached hydrogen (secondary N) is 2. The average Bonchev–Trinajstić information content (AvgIpc) is 2.88. The summed E-state index contributed by atoms with van der Waals surface area (Å²) in [5.41, 5.74) is 2.66. The van der Waals surface area contributed by atoms with Crippen LogP contribution in [0.3, 0.4) is 0 Å². The molecule has 8 heteroatoms. The second-order valence-electron chi connectivity index (χ2n) is 4.46. The molecule has 2 aromatic heterocycles. The van der Waals surface area contributed by atoms with Crippen molar-refractivity contribution in [2.45, 2.75) is 26.8 Å². The molecule has 2 heterocycles. The molecule has 2 rings (SSSR count). The van der Waals surface area contributed by atoms with Gasteiger partial charge in [0.15, 0.2) is 0 Å². The predicted molar refractivity (Wildman–Crippen MR) is 83.8 cm³/mol. The third kappa shape index (κ3) is 3.88. The lowest BCUT2D eigenvalue weighted by Crippen LogP contribution is -2.08. The maximum absolute atomic E-state index is 11.1. The van der Waals surface area contributed by atoms with Crippen LogP contribution in [0, 0.1) is 17.0 Å². The average molecular weight is 307 g/mol. The quantitative estimate of drug-likeness (QED) is 0.603. The zero-order chi connectivity index (χ0) is 15.2. The van der Waals surface area contributed by atoms with Gasteiger partial charge in [0.1, 0.15) is 5.82 Å². The van der Waals surface area contributed by atoms with Crippen molar-refractivity contribution >= 4 is 28.7 Å². The number of nitrogens with zero attached hydrogens (tertiary/aromatic N) is 3. The van der Waals surface area contributed by atoms with Gasteiger partial charge < -0.3 is 10.6 Å². The van der Waals surface area contributed by atoms with Crippen molar-refractivity contribution in [2.75, 3.05) is 17.2 Å². The molecule has 0 atom stereocenters. The SMILES string of the molecule is CCCNc1ccc([N+](=O)[O-])c(NCc2scnc2C)n1. The smallest absolute Gasteiger partial charge is 0.311 e. The topological polar surface area (TPSA) is 93.0 Å². The minimum atomic E-state index is -0.432. The lowest BCUT2D eigenvalue weighted by molar-refractivity contribution is -0.384. The summed E-state index contributed by atoms with van der Waals surface area (Å²) in [6.45, 7) is 5.21. The Kier molecular flexibility index (Phi) is 5.04. The van der Waals surface area contributed by atoms with E-state index in [4.69, 9.17) is 0 Å².